The molecule has 94 valence electrons. The molecule has 7 heteroatoms. The fraction of sp³-hybridized carbons (Fsp3) is 0.778. The second kappa shape index (κ2) is 5.83. The lowest BCUT2D eigenvalue weighted by Gasteiger charge is -2.16. The quantitative estimate of drug-likeness (QED) is 0.702. The molecule has 0 aliphatic heterocycles. The number of nitrogens with zero attached hydrogens (tertiary/aromatic N) is 1. The van der Waals surface area contributed by atoms with E-state index in [1.54, 1.807) is 6.92 Å². The number of carboxylic acids is 1. The summed E-state index contributed by atoms with van der Waals surface area (Å²) in [5.74, 6) is -2.33. The fourth-order valence-corrected chi connectivity index (χ4v) is 2.22. The van der Waals surface area contributed by atoms with E-state index in [0.29, 0.717) is 6.54 Å². The van der Waals surface area contributed by atoms with Gasteiger partial charge in [-0.3, -0.25) is 9.59 Å². The molecule has 0 radical (unpaired) electrons. The third kappa shape index (κ3) is 4.61. The van der Waals surface area contributed by atoms with Crippen LogP contribution in [-0.4, -0.2) is 54.9 Å². The Morgan fingerprint density at radius 3 is 2.25 bits per heavy atom. The highest BCUT2D eigenvalue weighted by Crippen LogP contribution is 2.07. The van der Waals surface area contributed by atoms with Crippen LogP contribution in [0.4, 0.5) is 0 Å². The lowest BCUT2D eigenvalue weighted by atomic mass is 10.3. The summed E-state index contributed by atoms with van der Waals surface area (Å²) in [6.07, 6.45) is -0.481. The van der Waals surface area contributed by atoms with Gasteiger partial charge in [0.05, 0.1) is 11.7 Å². The van der Waals surface area contributed by atoms with E-state index < -0.39 is 39.1 Å². The van der Waals surface area contributed by atoms with Crippen LogP contribution in [0, 0.1) is 0 Å². The first-order valence-electron chi connectivity index (χ1n) is 4.88. The first kappa shape index (κ1) is 14.9. The Balaban J connectivity index is 4.57. The predicted octanol–water partition coefficient (Wildman–Crippen LogP) is -0.257. The number of hydrogen-bond donors (Lipinski definition) is 1. The molecule has 0 bridgehead atoms. The van der Waals surface area contributed by atoms with Crippen molar-refractivity contribution in [3.8, 4) is 0 Å². The Labute approximate surface area is 95.2 Å². The number of carboxylic acid groups (broad SMARTS) is 1. The van der Waals surface area contributed by atoms with E-state index in [-0.39, 0.29) is 0 Å². The van der Waals surface area contributed by atoms with Crippen LogP contribution in [0.3, 0.4) is 0 Å². The van der Waals surface area contributed by atoms with Crippen LogP contribution in [0.5, 0.6) is 0 Å². The van der Waals surface area contributed by atoms with Gasteiger partial charge in [-0.1, -0.05) is 0 Å². The van der Waals surface area contributed by atoms with Crippen LogP contribution >= 0.6 is 0 Å². The van der Waals surface area contributed by atoms with E-state index in [0.717, 1.165) is 0 Å². The van der Waals surface area contributed by atoms with Crippen LogP contribution in [0.1, 0.15) is 20.3 Å². The maximum Gasteiger partial charge on any atom is 0.304 e. The maximum atomic E-state index is 11.6. The SMILES string of the molecule is CCN(C)C(=O)CS(=O)(=O)C(C)CC(=O)O. The van der Waals surface area contributed by atoms with E-state index in [4.69, 9.17) is 5.11 Å². The molecular formula is C9H17NO5S. The van der Waals surface area contributed by atoms with Crippen molar-refractivity contribution >= 4 is 21.7 Å². The molecule has 16 heavy (non-hydrogen) atoms. The van der Waals surface area contributed by atoms with Gasteiger partial charge in [-0.25, -0.2) is 8.42 Å². The number of hydrogen-bond acceptors (Lipinski definition) is 4. The van der Waals surface area contributed by atoms with Gasteiger partial charge in [0.1, 0.15) is 5.75 Å². The summed E-state index contributed by atoms with van der Waals surface area (Å²) in [6, 6.07) is 0. The minimum absolute atomic E-state index is 0.418. The maximum absolute atomic E-state index is 11.6. The smallest absolute Gasteiger partial charge is 0.304 e. The van der Waals surface area contributed by atoms with Gasteiger partial charge >= 0.3 is 5.97 Å². The molecule has 0 aromatic rings. The van der Waals surface area contributed by atoms with Crippen molar-refractivity contribution in [2.75, 3.05) is 19.3 Å². The van der Waals surface area contributed by atoms with Crippen LogP contribution < -0.4 is 0 Å². The number of aliphatic carboxylic acids is 1. The molecule has 0 fully saturated rings. The van der Waals surface area contributed by atoms with Crippen molar-refractivity contribution in [2.24, 2.45) is 0 Å². The zero-order chi connectivity index (χ0) is 12.9. The first-order chi connectivity index (χ1) is 7.20. The first-order valence-corrected chi connectivity index (χ1v) is 6.59. The zero-order valence-corrected chi connectivity index (χ0v) is 10.5. The average molecular weight is 251 g/mol. The Morgan fingerprint density at radius 2 is 1.88 bits per heavy atom. The standard InChI is InChI=1S/C9H17NO5S/c1-4-10(3)8(11)6-16(14,15)7(2)5-9(12)13/h7H,4-6H2,1-3H3,(H,12,13). The summed E-state index contributed by atoms with van der Waals surface area (Å²) in [4.78, 5) is 23.0. The summed E-state index contributed by atoms with van der Waals surface area (Å²) in [5, 5.41) is 7.43. The Kier molecular flexibility index (Phi) is 5.43. The molecule has 0 saturated carbocycles. The van der Waals surface area contributed by atoms with Crippen LogP contribution in [0.2, 0.25) is 0 Å². The summed E-state index contributed by atoms with van der Waals surface area (Å²) < 4.78 is 23.2. The van der Waals surface area contributed by atoms with E-state index in [1.807, 2.05) is 0 Å². The number of rotatable bonds is 6. The summed E-state index contributed by atoms with van der Waals surface area (Å²) in [6.45, 7) is 3.44. The Morgan fingerprint density at radius 1 is 1.38 bits per heavy atom. The summed E-state index contributed by atoms with van der Waals surface area (Å²) in [5.41, 5.74) is 0. The minimum Gasteiger partial charge on any atom is -0.481 e. The molecule has 0 saturated heterocycles. The molecule has 0 aliphatic carbocycles. The van der Waals surface area contributed by atoms with Crippen LogP contribution in [0.15, 0.2) is 0 Å². The van der Waals surface area contributed by atoms with Crippen LogP contribution in [-0.2, 0) is 19.4 Å². The van der Waals surface area contributed by atoms with Crippen molar-refractivity contribution in [1.82, 2.24) is 4.90 Å². The molecular weight excluding hydrogens is 234 g/mol. The van der Waals surface area contributed by atoms with Crippen molar-refractivity contribution in [1.29, 1.82) is 0 Å². The van der Waals surface area contributed by atoms with Gasteiger partial charge in [-0.15, -0.1) is 0 Å². The molecule has 0 heterocycles. The van der Waals surface area contributed by atoms with Gasteiger partial charge in [0.2, 0.25) is 5.91 Å². The lowest BCUT2D eigenvalue weighted by molar-refractivity contribution is -0.137. The fourth-order valence-electron chi connectivity index (χ4n) is 0.974. The van der Waals surface area contributed by atoms with E-state index in [1.165, 1.54) is 18.9 Å². The van der Waals surface area contributed by atoms with Crippen molar-refractivity contribution in [2.45, 2.75) is 25.5 Å². The van der Waals surface area contributed by atoms with E-state index in [9.17, 15) is 18.0 Å². The van der Waals surface area contributed by atoms with Gasteiger partial charge < -0.3 is 10.0 Å². The summed E-state index contributed by atoms with van der Waals surface area (Å²) in [7, 11) is -2.18. The van der Waals surface area contributed by atoms with Gasteiger partial charge in [0.25, 0.3) is 0 Å². The van der Waals surface area contributed by atoms with Crippen molar-refractivity contribution < 1.29 is 23.1 Å². The zero-order valence-electron chi connectivity index (χ0n) is 9.63. The molecule has 6 nitrogen and oxygen atoms in total. The number of carbonyl (C=O) groups is 2. The van der Waals surface area contributed by atoms with Crippen molar-refractivity contribution in [3.05, 3.63) is 0 Å². The second-order valence-electron chi connectivity index (χ2n) is 3.62. The molecule has 0 aliphatic rings. The average Bonchev–Trinajstić information content (AvgIpc) is 2.14. The number of sulfone groups is 1. The Hall–Kier alpha value is -1.11. The number of carbonyl (C=O) groups excluding carboxylic acids is 1. The largest absolute Gasteiger partial charge is 0.481 e. The normalized spacial score (nSPS) is 13.2. The van der Waals surface area contributed by atoms with E-state index >= 15 is 0 Å². The number of amides is 1. The molecule has 0 aromatic carbocycles. The highest BCUT2D eigenvalue weighted by Gasteiger charge is 2.27. The third-order valence-electron chi connectivity index (χ3n) is 2.30. The highest BCUT2D eigenvalue weighted by atomic mass is 32.2. The molecule has 1 N–H and O–H groups in total. The molecule has 0 spiro atoms. The third-order valence-corrected chi connectivity index (χ3v) is 4.34. The van der Waals surface area contributed by atoms with Gasteiger partial charge in [-0.2, -0.15) is 0 Å². The van der Waals surface area contributed by atoms with Crippen LogP contribution in [0.25, 0.3) is 0 Å². The monoisotopic (exact) mass is 251 g/mol. The lowest BCUT2D eigenvalue weighted by Crippen LogP contribution is -2.36. The molecule has 0 rings (SSSR count). The molecule has 1 unspecified atom stereocenters. The predicted molar refractivity (Wildman–Crippen MR) is 58.8 cm³/mol. The van der Waals surface area contributed by atoms with Gasteiger partial charge in [-0.05, 0) is 13.8 Å². The van der Waals surface area contributed by atoms with E-state index in [2.05, 4.69) is 0 Å². The Bertz CT molecular complexity index is 362. The van der Waals surface area contributed by atoms with Gasteiger partial charge in [0, 0.05) is 13.6 Å². The van der Waals surface area contributed by atoms with Crippen molar-refractivity contribution in [3.63, 3.8) is 0 Å². The topological polar surface area (TPSA) is 91.8 Å². The summed E-state index contributed by atoms with van der Waals surface area (Å²) >= 11 is 0. The van der Waals surface area contributed by atoms with Gasteiger partial charge in [0.15, 0.2) is 9.84 Å². The minimum atomic E-state index is -3.68. The molecule has 0 aromatic heterocycles. The molecule has 1 amide bonds. The second-order valence-corrected chi connectivity index (χ2v) is 6.04. The highest BCUT2D eigenvalue weighted by molar-refractivity contribution is 7.92. The molecule has 1 atom stereocenters.